The molecule has 1 atom stereocenters. The van der Waals surface area contributed by atoms with E-state index in [0.717, 1.165) is 25.9 Å². The van der Waals surface area contributed by atoms with Crippen molar-refractivity contribution in [3.63, 3.8) is 0 Å². The Morgan fingerprint density at radius 1 is 1.38 bits per heavy atom. The summed E-state index contributed by atoms with van der Waals surface area (Å²) in [7, 11) is 1.57. The molecular formula is C18H25ClN4O3. The van der Waals surface area contributed by atoms with Crippen LogP contribution in [0.15, 0.2) is 30.5 Å². The minimum Gasteiger partial charge on any atom is -0.493 e. The van der Waals surface area contributed by atoms with Gasteiger partial charge in [-0.1, -0.05) is 0 Å². The number of anilines is 1. The van der Waals surface area contributed by atoms with Crippen molar-refractivity contribution in [3.05, 3.63) is 36.2 Å². The summed E-state index contributed by atoms with van der Waals surface area (Å²) in [6, 6.07) is 7.36. The van der Waals surface area contributed by atoms with Gasteiger partial charge in [-0.25, -0.2) is 0 Å². The second-order valence-corrected chi connectivity index (χ2v) is 5.93. The number of hydrogen-bond acceptors (Lipinski definition) is 5. The molecule has 2 N–H and O–H groups in total. The summed E-state index contributed by atoms with van der Waals surface area (Å²) in [4.78, 5) is 12.4. The number of aromatic nitrogens is 2. The molecule has 1 saturated heterocycles. The van der Waals surface area contributed by atoms with Gasteiger partial charge in [-0.15, -0.1) is 12.4 Å². The van der Waals surface area contributed by atoms with Crippen molar-refractivity contribution >= 4 is 24.0 Å². The first-order valence-corrected chi connectivity index (χ1v) is 8.59. The highest BCUT2D eigenvalue weighted by atomic mass is 35.5. The monoisotopic (exact) mass is 380 g/mol. The van der Waals surface area contributed by atoms with Crippen LogP contribution in [0.5, 0.6) is 11.5 Å². The third kappa shape index (κ3) is 4.68. The maximum Gasteiger partial charge on any atom is 0.276 e. The van der Waals surface area contributed by atoms with Crippen molar-refractivity contribution in [2.75, 3.05) is 32.1 Å². The van der Waals surface area contributed by atoms with Gasteiger partial charge in [0.15, 0.2) is 17.2 Å². The van der Waals surface area contributed by atoms with Gasteiger partial charge in [-0.3, -0.25) is 9.48 Å². The second-order valence-electron chi connectivity index (χ2n) is 5.93. The number of piperidine rings is 1. The highest BCUT2D eigenvalue weighted by molar-refractivity contribution is 6.02. The molecule has 1 aliphatic rings. The Kier molecular flexibility index (Phi) is 7.29. The molecule has 2 aromatic rings. The van der Waals surface area contributed by atoms with E-state index in [9.17, 15) is 4.79 Å². The number of hydrogen-bond donors (Lipinski definition) is 2. The molecule has 142 valence electrons. The normalized spacial score (nSPS) is 16.5. The van der Waals surface area contributed by atoms with Crippen LogP contribution in [0.4, 0.5) is 5.69 Å². The van der Waals surface area contributed by atoms with E-state index in [1.54, 1.807) is 31.4 Å². The Balaban J connectivity index is 0.00000243. The number of nitrogens with zero attached hydrogens (tertiary/aromatic N) is 2. The average molecular weight is 381 g/mol. The largest absolute Gasteiger partial charge is 0.493 e. The molecule has 7 nitrogen and oxygen atoms in total. The Labute approximate surface area is 159 Å². The molecule has 1 amide bonds. The van der Waals surface area contributed by atoms with E-state index >= 15 is 0 Å². The molecule has 0 spiro atoms. The number of nitrogens with one attached hydrogen (secondary N) is 2. The number of ether oxygens (including phenoxy) is 2. The quantitative estimate of drug-likeness (QED) is 0.805. The van der Waals surface area contributed by atoms with Crippen LogP contribution < -0.4 is 20.1 Å². The van der Waals surface area contributed by atoms with Gasteiger partial charge in [0.1, 0.15) is 0 Å². The fourth-order valence-electron chi connectivity index (χ4n) is 2.94. The molecule has 2 heterocycles. The highest BCUT2D eigenvalue weighted by Crippen LogP contribution is 2.30. The number of rotatable bonds is 6. The Morgan fingerprint density at radius 2 is 2.23 bits per heavy atom. The van der Waals surface area contributed by atoms with E-state index < -0.39 is 0 Å². The fraction of sp³-hybridized carbons (Fsp3) is 0.444. The SMILES string of the molecule is CCOc1ccc(NC(=O)c2ccn(C3CCCNC3)n2)cc1OC.Cl. The molecule has 1 aliphatic heterocycles. The lowest BCUT2D eigenvalue weighted by molar-refractivity contribution is 0.102. The third-order valence-electron chi connectivity index (χ3n) is 4.21. The van der Waals surface area contributed by atoms with Crippen LogP contribution in [0.1, 0.15) is 36.3 Å². The first-order valence-electron chi connectivity index (χ1n) is 8.59. The molecule has 1 aromatic carbocycles. The van der Waals surface area contributed by atoms with E-state index in [4.69, 9.17) is 9.47 Å². The standard InChI is InChI=1S/C18H24N4O3.ClH/c1-3-25-16-7-6-13(11-17(16)24-2)20-18(23)15-8-10-22(21-15)14-5-4-9-19-12-14;/h6-8,10-11,14,19H,3-5,9,12H2,1-2H3,(H,20,23);1H. The van der Waals surface area contributed by atoms with Gasteiger partial charge in [0.05, 0.1) is 19.8 Å². The van der Waals surface area contributed by atoms with Crippen molar-refractivity contribution in [3.8, 4) is 11.5 Å². The molecule has 26 heavy (non-hydrogen) atoms. The van der Waals surface area contributed by atoms with Crippen molar-refractivity contribution in [2.24, 2.45) is 0 Å². The summed E-state index contributed by atoms with van der Waals surface area (Å²) < 4.78 is 12.7. The molecule has 0 saturated carbocycles. The minimum atomic E-state index is -0.242. The predicted molar refractivity (Wildman–Crippen MR) is 103 cm³/mol. The van der Waals surface area contributed by atoms with Crippen molar-refractivity contribution in [1.82, 2.24) is 15.1 Å². The maximum absolute atomic E-state index is 12.4. The van der Waals surface area contributed by atoms with Crippen molar-refractivity contribution in [2.45, 2.75) is 25.8 Å². The predicted octanol–water partition coefficient (Wildman–Crippen LogP) is 2.89. The lowest BCUT2D eigenvalue weighted by atomic mass is 10.1. The van der Waals surface area contributed by atoms with Gasteiger partial charge < -0.3 is 20.1 Å². The van der Waals surface area contributed by atoms with E-state index in [0.29, 0.717) is 35.5 Å². The van der Waals surface area contributed by atoms with Gasteiger partial charge in [0.2, 0.25) is 0 Å². The van der Waals surface area contributed by atoms with Crippen LogP contribution in [-0.2, 0) is 0 Å². The number of methoxy groups -OCH3 is 1. The average Bonchev–Trinajstić information content (AvgIpc) is 3.14. The second kappa shape index (κ2) is 9.45. The molecule has 0 aliphatic carbocycles. The topological polar surface area (TPSA) is 77.4 Å². The van der Waals surface area contributed by atoms with Crippen molar-refractivity contribution < 1.29 is 14.3 Å². The summed E-state index contributed by atoms with van der Waals surface area (Å²) >= 11 is 0. The van der Waals surface area contributed by atoms with Gasteiger partial charge >= 0.3 is 0 Å². The minimum absolute atomic E-state index is 0. The Hall–Kier alpha value is -2.25. The fourth-order valence-corrected chi connectivity index (χ4v) is 2.94. The van der Waals surface area contributed by atoms with Crippen LogP contribution in [0.2, 0.25) is 0 Å². The summed E-state index contributed by atoms with van der Waals surface area (Å²) in [6.45, 7) is 4.40. The molecule has 1 aromatic heterocycles. The van der Waals surface area contributed by atoms with E-state index in [2.05, 4.69) is 15.7 Å². The van der Waals surface area contributed by atoms with Crippen LogP contribution in [0.3, 0.4) is 0 Å². The molecule has 1 fully saturated rings. The van der Waals surface area contributed by atoms with E-state index in [-0.39, 0.29) is 18.3 Å². The number of benzene rings is 1. The molecule has 8 heteroatoms. The van der Waals surface area contributed by atoms with E-state index in [1.807, 2.05) is 17.8 Å². The maximum atomic E-state index is 12.4. The van der Waals surface area contributed by atoms with Crippen LogP contribution in [0, 0.1) is 0 Å². The zero-order valence-electron chi connectivity index (χ0n) is 15.0. The van der Waals surface area contributed by atoms with Gasteiger partial charge in [0, 0.05) is 24.5 Å². The van der Waals surface area contributed by atoms with Gasteiger partial charge in [-0.2, -0.15) is 5.10 Å². The van der Waals surface area contributed by atoms with Crippen molar-refractivity contribution in [1.29, 1.82) is 0 Å². The lowest BCUT2D eigenvalue weighted by Gasteiger charge is -2.22. The number of halogens is 1. The number of carbonyl (C=O) groups excluding carboxylic acids is 1. The lowest BCUT2D eigenvalue weighted by Crippen LogP contribution is -2.32. The van der Waals surface area contributed by atoms with Gasteiger partial charge in [0.25, 0.3) is 5.91 Å². The van der Waals surface area contributed by atoms with Gasteiger partial charge in [-0.05, 0) is 44.5 Å². The first kappa shape index (κ1) is 20.1. The van der Waals surface area contributed by atoms with Crippen LogP contribution in [-0.4, -0.2) is 42.5 Å². The summed E-state index contributed by atoms with van der Waals surface area (Å²) in [5.41, 5.74) is 1.04. The smallest absolute Gasteiger partial charge is 0.276 e. The molecule has 0 radical (unpaired) electrons. The first-order chi connectivity index (χ1) is 12.2. The molecule has 0 bridgehead atoms. The van der Waals surface area contributed by atoms with E-state index in [1.165, 1.54) is 0 Å². The van der Waals surface area contributed by atoms with Crippen LogP contribution in [0.25, 0.3) is 0 Å². The summed E-state index contributed by atoms with van der Waals surface area (Å²) in [6.07, 6.45) is 4.06. The summed E-state index contributed by atoms with van der Waals surface area (Å²) in [5, 5.41) is 10.6. The highest BCUT2D eigenvalue weighted by Gasteiger charge is 2.18. The Morgan fingerprint density at radius 3 is 2.92 bits per heavy atom. The molecule has 3 rings (SSSR count). The number of carbonyl (C=O) groups is 1. The van der Waals surface area contributed by atoms with Crippen LogP contribution >= 0.6 is 12.4 Å². The summed E-state index contributed by atoms with van der Waals surface area (Å²) in [5.74, 6) is 0.990. The number of amides is 1. The third-order valence-corrected chi connectivity index (χ3v) is 4.21. The molecule has 1 unspecified atom stereocenters. The zero-order valence-corrected chi connectivity index (χ0v) is 15.8. The zero-order chi connectivity index (χ0) is 17.6. The Bertz CT molecular complexity index is 729. The molecular weight excluding hydrogens is 356 g/mol.